The van der Waals surface area contributed by atoms with Crippen molar-refractivity contribution in [2.24, 2.45) is 0 Å². The first kappa shape index (κ1) is 19.3. The Bertz CT molecular complexity index is 1030. The van der Waals surface area contributed by atoms with Gasteiger partial charge in [0, 0.05) is 30.5 Å². The Morgan fingerprint density at radius 1 is 1.13 bits per heavy atom. The Labute approximate surface area is 178 Å². The number of hydrogen-bond acceptors (Lipinski definition) is 4. The van der Waals surface area contributed by atoms with E-state index in [-0.39, 0.29) is 23.2 Å². The molecule has 3 heterocycles. The number of hydrogen-bond donors (Lipinski definition) is 0. The van der Waals surface area contributed by atoms with Gasteiger partial charge in [-0.15, -0.1) is 11.8 Å². The molecule has 3 aromatic rings. The summed E-state index contributed by atoms with van der Waals surface area (Å²) < 4.78 is 21.1. The van der Waals surface area contributed by atoms with Crippen molar-refractivity contribution in [1.29, 1.82) is 0 Å². The monoisotopic (exact) mass is 423 g/mol. The first-order chi connectivity index (χ1) is 14.7. The van der Waals surface area contributed by atoms with Crippen LogP contribution in [0.1, 0.15) is 23.8 Å². The van der Waals surface area contributed by atoms with Crippen LogP contribution in [0.3, 0.4) is 0 Å². The van der Waals surface area contributed by atoms with Crippen molar-refractivity contribution in [3.05, 3.63) is 72.2 Å². The van der Waals surface area contributed by atoms with E-state index in [2.05, 4.69) is 0 Å². The number of halogens is 1. The molecule has 0 aliphatic carbocycles. The van der Waals surface area contributed by atoms with Crippen LogP contribution in [-0.4, -0.2) is 45.6 Å². The molecule has 1 amide bonds. The van der Waals surface area contributed by atoms with Crippen molar-refractivity contribution in [3.63, 3.8) is 0 Å². The van der Waals surface area contributed by atoms with E-state index in [1.807, 2.05) is 46.1 Å². The molecule has 0 bridgehead atoms. The number of amides is 1. The van der Waals surface area contributed by atoms with Crippen molar-refractivity contribution in [1.82, 2.24) is 14.7 Å². The number of benzene rings is 2. The Morgan fingerprint density at radius 3 is 2.67 bits per heavy atom. The van der Waals surface area contributed by atoms with Crippen molar-refractivity contribution in [2.45, 2.75) is 24.3 Å². The van der Waals surface area contributed by atoms with E-state index in [0.29, 0.717) is 12.3 Å². The van der Waals surface area contributed by atoms with Crippen LogP contribution in [0.4, 0.5) is 4.39 Å². The van der Waals surface area contributed by atoms with Crippen LogP contribution in [0.15, 0.2) is 60.8 Å². The Balaban J connectivity index is 1.56. The standard InChI is InChI=1S/C23H22FN3O2S/c24-17-10-8-16(9-11-17)22-20(14-27(25-22)18-5-2-1-3-6-18)23-26(21(28)15-30-23)13-19-7-4-12-29-19/h1-3,5-6,8-11,14,19,23H,4,7,12-13,15H2/t19-,23-/m0/s1. The van der Waals surface area contributed by atoms with Gasteiger partial charge in [-0.25, -0.2) is 9.07 Å². The van der Waals surface area contributed by atoms with Crippen molar-refractivity contribution in [3.8, 4) is 16.9 Å². The van der Waals surface area contributed by atoms with E-state index in [0.717, 1.165) is 42.0 Å². The molecule has 7 heteroatoms. The number of ether oxygens (including phenoxy) is 1. The fraction of sp³-hybridized carbons (Fsp3) is 0.304. The van der Waals surface area contributed by atoms with Gasteiger partial charge in [0.25, 0.3) is 0 Å². The largest absolute Gasteiger partial charge is 0.376 e. The second-order valence-electron chi connectivity index (χ2n) is 7.56. The molecule has 0 N–H and O–H groups in total. The van der Waals surface area contributed by atoms with Gasteiger partial charge in [0.05, 0.1) is 23.2 Å². The average Bonchev–Trinajstić information content (AvgIpc) is 3.51. The molecular formula is C23H22FN3O2S. The summed E-state index contributed by atoms with van der Waals surface area (Å²) in [6.07, 6.45) is 4.10. The summed E-state index contributed by atoms with van der Waals surface area (Å²) in [5.74, 6) is 0.280. The Morgan fingerprint density at radius 2 is 1.93 bits per heavy atom. The van der Waals surface area contributed by atoms with Crippen LogP contribution in [-0.2, 0) is 9.53 Å². The number of carbonyl (C=O) groups is 1. The molecule has 2 aliphatic rings. The minimum absolute atomic E-state index is 0.0913. The zero-order chi connectivity index (χ0) is 20.5. The lowest BCUT2D eigenvalue weighted by Gasteiger charge is -2.26. The number of nitrogens with zero attached hydrogens (tertiary/aromatic N) is 3. The van der Waals surface area contributed by atoms with Crippen LogP contribution in [0.25, 0.3) is 16.9 Å². The Kier molecular flexibility index (Phi) is 5.31. The number of aromatic nitrogens is 2. The SMILES string of the molecule is O=C1CS[C@@H](c2cn(-c3ccccc3)nc2-c2ccc(F)cc2)N1C[C@@H]1CCCO1. The van der Waals surface area contributed by atoms with Crippen molar-refractivity contribution in [2.75, 3.05) is 18.9 Å². The molecule has 5 rings (SSSR count). The predicted octanol–water partition coefficient (Wildman–Crippen LogP) is 4.43. The third-order valence-corrected chi connectivity index (χ3v) is 6.78. The molecule has 1 aromatic heterocycles. The third-order valence-electron chi connectivity index (χ3n) is 5.54. The van der Waals surface area contributed by atoms with Crippen LogP contribution >= 0.6 is 11.8 Å². The zero-order valence-corrected chi connectivity index (χ0v) is 17.2. The van der Waals surface area contributed by atoms with E-state index in [1.54, 1.807) is 23.9 Å². The van der Waals surface area contributed by atoms with Crippen LogP contribution in [0, 0.1) is 5.82 Å². The second kappa shape index (κ2) is 8.24. The lowest BCUT2D eigenvalue weighted by atomic mass is 10.1. The van der Waals surface area contributed by atoms with Gasteiger partial charge in [0.15, 0.2) is 0 Å². The summed E-state index contributed by atoms with van der Waals surface area (Å²) in [6, 6.07) is 16.2. The molecule has 2 fully saturated rings. The second-order valence-corrected chi connectivity index (χ2v) is 8.63. The zero-order valence-electron chi connectivity index (χ0n) is 16.4. The number of carbonyl (C=O) groups excluding carboxylic acids is 1. The topological polar surface area (TPSA) is 47.4 Å². The van der Waals surface area contributed by atoms with Gasteiger partial charge in [-0.1, -0.05) is 18.2 Å². The predicted molar refractivity (Wildman–Crippen MR) is 115 cm³/mol. The highest BCUT2D eigenvalue weighted by molar-refractivity contribution is 8.00. The van der Waals surface area contributed by atoms with Crippen LogP contribution in [0.5, 0.6) is 0 Å². The summed E-state index contributed by atoms with van der Waals surface area (Å²) in [7, 11) is 0. The molecule has 0 radical (unpaired) electrons. The Hall–Kier alpha value is -2.64. The fourth-order valence-corrected chi connectivity index (χ4v) is 5.23. The molecule has 2 aromatic carbocycles. The van der Waals surface area contributed by atoms with Gasteiger partial charge >= 0.3 is 0 Å². The molecule has 2 aliphatic heterocycles. The van der Waals surface area contributed by atoms with E-state index < -0.39 is 0 Å². The highest BCUT2D eigenvalue weighted by Gasteiger charge is 2.37. The molecule has 2 saturated heterocycles. The molecule has 154 valence electrons. The van der Waals surface area contributed by atoms with Gasteiger partial charge in [-0.05, 0) is 49.2 Å². The lowest BCUT2D eigenvalue weighted by molar-refractivity contribution is -0.129. The molecular weight excluding hydrogens is 401 g/mol. The van der Waals surface area contributed by atoms with E-state index >= 15 is 0 Å². The first-order valence-corrected chi connectivity index (χ1v) is 11.2. The van der Waals surface area contributed by atoms with Gasteiger partial charge in [0.2, 0.25) is 5.91 Å². The smallest absolute Gasteiger partial charge is 0.233 e. The van der Waals surface area contributed by atoms with Crippen molar-refractivity contribution >= 4 is 17.7 Å². The van der Waals surface area contributed by atoms with Gasteiger partial charge < -0.3 is 9.64 Å². The maximum atomic E-state index is 13.5. The van der Waals surface area contributed by atoms with Crippen LogP contribution < -0.4 is 0 Å². The molecule has 2 atom stereocenters. The maximum absolute atomic E-state index is 13.5. The minimum Gasteiger partial charge on any atom is -0.376 e. The van der Waals surface area contributed by atoms with E-state index in [4.69, 9.17) is 9.84 Å². The van der Waals surface area contributed by atoms with E-state index in [1.165, 1.54) is 12.1 Å². The highest BCUT2D eigenvalue weighted by Crippen LogP contribution is 2.43. The lowest BCUT2D eigenvalue weighted by Crippen LogP contribution is -2.35. The summed E-state index contributed by atoms with van der Waals surface area (Å²) in [5, 5.41) is 4.69. The van der Waals surface area contributed by atoms with Gasteiger partial charge in [-0.2, -0.15) is 5.10 Å². The van der Waals surface area contributed by atoms with E-state index in [9.17, 15) is 9.18 Å². The van der Waals surface area contributed by atoms with Gasteiger partial charge in [-0.3, -0.25) is 4.79 Å². The average molecular weight is 424 g/mol. The minimum atomic E-state index is -0.284. The summed E-state index contributed by atoms with van der Waals surface area (Å²) in [5.41, 5.74) is 3.49. The highest BCUT2D eigenvalue weighted by atomic mass is 32.2. The number of rotatable bonds is 5. The third kappa shape index (κ3) is 3.75. The maximum Gasteiger partial charge on any atom is 0.233 e. The molecule has 0 saturated carbocycles. The quantitative estimate of drug-likeness (QED) is 0.609. The normalized spacial score (nSPS) is 21.5. The molecule has 5 nitrogen and oxygen atoms in total. The fourth-order valence-electron chi connectivity index (χ4n) is 4.03. The first-order valence-electron chi connectivity index (χ1n) is 10.1. The number of para-hydroxylation sites is 1. The summed E-state index contributed by atoms with van der Waals surface area (Å²) >= 11 is 1.61. The molecule has 0 spiro atoms. The molecule has 0 unspecified atom stereocenters. The summed E-state index contributed by atoms with van der Waals surface area (Å²) in [6.45, 7) is 1.35. The van der Waals surface area contributed by atoms with Crippen molar-refractivity contribution < 1.29 is 13.9 Å². The molecule has 30 heavy (non-hydrogen) atoms. The van der Waals surface area contributed by atoms with Crippen LogP contribution in [0.2, 0.25) is 0 Å². The van der Waals surface area contributed by atoms with Gasteiger partial charge in [0.1, 0.15) is 11.2 Å². The summed E-state index contributed by atoms with van der Waals surface area (Å²) in [4.78, 5) is 14.6. The number of thioether (sulfide) groups is 1.